The number of carbonyl (C=O) groups excluding carboxylic acids is 1. The largest absolute Gasteiger partial charge is 0.353 e. The van der Waals surface area contributed by atoms with E-state index < -0.39 is 0 Å². The number of rotatable bonds is 4. The lowest BCUT2D eigenvalue weighted by atomic mass is 9.95. The summed E-state index contributed by atoms with van der Waals surface area (Å²) in [5, 5.41) is 6.63. The maximum absolute atomic E-state index is 11.9. The second-order valence-electron chi connectivity index (χ2n) is 6.25. The lowest BCUT2D eigenvalue weighted by Crippen LogP contribution is -2.38. The van der Waals surface area contributed by atoms with Crippen molar-refractivity contribution in [3.8, 4) is 0 Å². The van der Waals surface area contributed by atoms with Crippen LogP contribution in [0.3, 0.4) is 0 Å². The third-order valence-corrected chi connectivity index (χ3v) is 5.03. The van der Waals surface area contributed by atoms with E-state index in [4.69, 9.17) is 0 Å². The van der Waals surface area contributed by atoms with Gasteiger partial charge >= 0.3 is 0 Å². The molecule has 0 aromatic carbocycles. The number of hydrogen-bond acceptors (Lipinski definition) is 2. The van der Waals surface area contributed by atoms with Gasteiger partial charge in [0.05, 0.1) is 0 Å². The van der Waals surface area contributed by atoms with Crippen LogP contribution in [-0.4, -0.2) is 25.0 Å². The molecule has 2 bridgehead atoms. The molecule has 1 amide bonds. The zero-order valence-corrected chi connectivity index (χ0v) is 11.8. The average Bonchev–Trinajstić information content (AvgIpc) is 3.03. The molecule has 1 heterocycles. The van der Waals surface area contributed by atoms with Crippen molar-refractivity contribution in [2.75, 3.05) is 13.1 Å². The monoisotopic (exact) mass is 272 g/mol. The number of carbonyl (C=O) groups is 1. The van der Waals surface area contributed by atoms with Crippen LogP contribution in [0.25, 0.3) is 0 Å². The Kier molecular flexibility index (Phi) is 4.91. The lowest BCUT2D eigenvalue weighted by molar-refractivity contribution is -0.122. The van der Waals surface area contributed by atoms with Crippen molar-refractivity contribution in [2.24, 2.45) is 17.8 Å². The molecule has 3 rings (SSSR count). The fraction of sp³-hybridized carbons (Fsp3) is 0.929. The molecule has 2 N–H and O–H groups in total. The summed E-state index contributed by atoms with van der Waals surface area (Å²) in [5.41, 5.74) is 0. The number of nitrogens with one attached hydrogen (secondary N) is 2. The Morgan fingerprint density at radius 1 is 1.22 bits per heavy atom. The highest BCUT2D eigenvalue weighted by Gasteiger charge is 2.39. The molecule has 3 fully saturated rings. The molecular formula is C14H25ClN2O. The van der Waals surface area contributed by atoms with Crippen LogP contribution in [-0.2, 0) is 4.79 Å². The predicted octanol–water partition coefficient (Wildman–Crippen LogP) is 2.10. The van der Waals surface area contributed by atoms with Crippen LogP contribution in [0.4, 0.5) is 0 Å². The minimum Gasteiger partial charge on any atom is -0.353 e. The van der Waals surface area contributed by atoms with Crippen LogP contribution in [0.1, 0.15) is 44.9 Å². The van der Waals surface area contributed by atoms with Gasteiger partial charge in [0.25, 0.3) is 0 Å². The van der Waals surface area contributed by atoms with E-state index in [1.165, 1.54) is 32.1 Å². The van der Waals surface area contributed by atoms with Crippen LogP contribution in [0.2, 0.25) is 0 Å². The third kappa shape index (κ3) is 3.18. The molecule has 0 aromatic rings. The summed E-state index contributed by atoms with van der Waals surface area (Å²) in [7, 11) is 0. The Balaban J connectivity index is 0.00000120. The van der Waals surface area contributed by atoms with Crippen molar-refractivity contribution in [1.29, 1.82) is 0 Å². The first-order chi connectivity index (χ1) is 8.31. The van der Waals surface area contributed by atoms with Crippen molar-refractivity contribution in [3.63, 3.8) is 0 Å². The van der Waals surface area contributed by atoms with Gasteiger partial charge < -0.3 is 10.6 Å². The lowest BCUT2D eigenvalue weighted by Gasteiger charge is -2.23. The van der Waals surface area contributed by atoms with E-state index in [9.17, 15) is 4.79 Å². The van der Waals surface area contributed by atoms with Gasteiger partial charge in [-0.3, -0.25) is 4.79 Å². The van der Waals surface area contributed by atoms with Crippen LogP contribution in [0.5, 0.6) is 0 Å². The van der Waals surface area contributed by atoms with E-state index in [2.05, 4.69) is 10.6 Å². The highest BCUT2D eigenvalue weighted by molar-refractivity contribution is 5.85. The van der Waals surface area contributed by atoms with E-state index in [1.54, 1.807) is 0 Å². The summed E-state index contributed by atoms with van der Waals surface area (Å²) < 4.78 is 0. The van der Waals surface area contributed by atoms with Crippen LogP contribution in [0.15, 0.2) is 0 Å². The minimum absolute atomic E-state index is 0. The quantitative estimate of drug-likeness (QED) is 0.823. The molecule has 4 heteroatoms. The summed E-state index contributed by atoms with van der Waals surface area (Å²) in [6.07, 6.45) is 8.44. The highest BCUT2D eigenvalue weighted by atomic mass is 35.5. The Hall–Kier alpha value is -0.280. The molecule has 1 saturated heterocycles. The molecular weight excluding hydrogens is 248 g/mol. The molecule has 4 atom stereocenters. The van der Waals surface area contributed by atoms with Crippen molar-refractivity contribution in [1.82, 2.24) is 10.6 Å². The maximum Gasteiger partial charge on any atom is 0.220 e. The third-order valence-electron chi connectivity index (χ3n) is 5.03. The first kappa shape index (κ1) is 14.1. The average molecular weight is 273 g/mol. The van der Waals surface area contributed by atoms with E-state index in [-0.39, 0.29) is 12.4 Å². The van der Waals surface area contributed by atoms with Crippen molar-refractivity contribution < 1.29 is 4.79 Å². The topological polar surface area (TPSA) is 41.1 Å². The maximum atomic E-state index is 11.9. The van der Waals surface area contributed by atoms with Gasteiger partial charge in [-0.15, -0.1) is 12.4 Å². The summed E-state index contributed by atoms with van der Waals surface area (Å²) in [6.45, 7) is 2.25. The Morgan fingerprint density at radius 3 is 2.72 bits per heavy atom. The Bertz CT molecular complexity index is 292. The number of amides is 1. The van der Waals surface area contributed by atoms with Crippen LogP contribution >= 0.6 is 12.4 Å². The zero-order chi connectivity index (χ0) is 11.7. The van der Waals surface area contributed by atoms with E-state index in [0.717, 1.165) is 43.7 Å². The molecule has 18 heavy (non-hydrogen) atoms. The predicted molar refractivity (Wildman–Crippen MR) is 74.8 cm³/mol. The normalized spacial score (nSPS) is 37.6. The van der Waals surface area contributed by atoms with E-state index in [1.807, 2.05) is 0 Å². The molecule has 2 aliphatic carbocycles. The smallest absolute Gasteiger partial charge is 0.220 e. The molecule has 1 aliphatic heterocycles. The molecule has 3 nitrogen and oxygen atoms in total. The van der Waals surface area contributed by atoms with Gasteiger partial charge in [-0.05, 0) is 62.9 Å². The first-order valence-corrected chi connectivity index (χ1v) is 7.31. The number of fused-ring (bicyclic) bond motifs is 2. The second-order valence-corrected chi connectivity index (χ2v) is 6.25. The summed E-state index contributed by atoms with van der Waals surface area (Å²) in [6, 6.07) is 0.517. The SMILES string of the molecule is Cl.O=C(CCC1CCNC1)NC1CC2CCC1C2. The van der Waals surface area contributed by atoms with E-state index >= 15 is 0 Å². The minimum atomic E-state index is 0. The molecule has 0 aromatic heterocycles. The van der Waals surface area contributed by atoms with Gasteiger partial charge in [-0.1, -0.05) is 6.42 Å². The van der Waals surface area contributed by atoms with Gasteiger partial charge in [0.1, 0.15) is 0 Å². The fourth-order valence-corrected chi connectivity index (χ4v) is 4.00. The van der Waals surface area contributed by atoms with Crippen molar-refractivity contribution in [3.05, 3.63) is 0 Å². The molecule has 4 unspecified atom stereocenters. The molecule has 0 spiro atoms. The van der Waals surface area contributed by atoms with Gasteiger partial charge in [0, 0.05) is 12.5 Å². The van der Waals surface area contributed by atoms with Gasteiger partial charge in [-0.25, -0.2) is 0 Å². The molecule has 0 radical (unpaired) electrons. The second kappa shape index (κ2) is 6.25. The van der Waals surface area contributed by atoms with Gasteiger partial charge in [0.2, 0.25) is 5.91 Å². The van der Waals surface area contributed by atoms with Gasteiger partial charge in [-0.2, -0.15) is 0 Å². The first-order valence-electron chi connectivity index (χ1n) is 7.31. The molecule has 104 valence electrons. The standard InChI is InChI=1S/C14H24N2O.ClH/c17-14(4-2-10-5-6-15-9-10)16-13-8-11-1-3-12(13)7-11;/h10-13,15H,1-9H2,(H,16,17);1H. The van der Waals surface area contributed by atoms with Crippen LogP contribution < -0.4 is 10.6 Å². The fourth-order valence-electron chi connectivity index (χ4n) is 4.00. The van der Waals surface area contributed by atoms with E-state index in [0.29, 0.717) is 11.9 Å². The number of halogens is 1. The summed E-state index contributed by atoms with van der Waals surface area (Å²) in [4.78, 5) is 11.9. The summed E-state index contributed by atoms with van der Waals surface area (Å²) in [5.74, 6) is 2.76. The Labute approximate surface area is 116 Å². The van der Waals surface area contributed by atoms with Crippen molar-refractivity contribution in [2.45, 2.75) is 51.0 Å². The highest BCUT2D eigenvalue weighted by Crippen LogP contribution is 2.44. The number of hydrogen-bond donors (Lipinski definition) is 2. The van der Waals surface area contributed by atoms with Crippen LogP contribution in [0, 0.1) is 17.8 Å². The zero-order valence-electron chi connectivity index (χ0n) is 11.0. The molecule has 3 aliphatic rings. The molecule has 2 saturated carbocycles. The van der Waals surface area contributed by atoms with Gasteiger partial charge in [0.15, 0.2) is 0 Å². The van der Waals surface area contributed by atoms with Crippen molar-refractivity contribution >= 4 is 18.3 Å². The summed E-state index contributed by atoms with van der Waals surface area (Å²) >= 11 is 0. The Morgan fingerprint density at radius 2 is 2.11 bits per heavy atom.